The van der Waals surface area contributed by atoms with Crippen molar-refractivity contribution < 1.29 is 4.74 Å². The zero-order valence-electron chi connectivity index (χ0n) is 10.9. The highest BCUT2D eigenvalue weighted by Gasteiger charge is 2.30. The molecule has 0 aromatic carbocycles. The summed E-state index contributed by atoms with van der Waals surface area (Å²) in [7, 11) is 0. The zero-order chi connectivity index (χ0) is 12.1. The molecular formula is C13H23N3O. The Morgan fingerprint density at radius 3 is 3.12 bits per heavy atom. The number of aryl methyl sites for hydroxylation is 1. The number of hydrogen-bond acceptors (Lipinski definition) is 3. The monoisotopic (exact) mass is 237 g/mol. The molecule has 0 amide bonds. The fraction of sp³-hybridized carbons (Fsp3) is 0.769. The van der Waals surface area contributed by atoms with Crippen LogP contribution in [0, 0.1) is 5.92 Å². The molecule has 1 saturated heterocycles. The third kappa shape index (κ3) is 3.07. The van der Waals surface area contributed by atoms with E-state index in [-0.39, 0.29) is 6.10 Å². The molecule has 4 nitrogen and oxygen atoms in total. The number of aromatic nitrogens is 2. The Hall–Kier alpha value is -0.870. The van der Waals surface area contributed by atoms with Crippen LogP contribution in [0.4, 0.5) is 0 Å². The van der Waals surface area contributed by atoms with Crippen LogP contribution < -0.4 is 5.32 Å². The molecule has 1 aliphatic heterocycles. The van der Waals surface area contributed by atoms with Crippen molar-refractivity contribution in [1.29, 1.82) is 0 Å². The normalized spacial score (nSPS) is 24.4. The van der Waals surface area contributed by atoms with E-state index in [9.17, 15) is 0 Å². The third-order valence-electron chi connectivity index (χ3n) is 3.35. The minimum atomic E-state index is 0.236. The number of rotatable bonds is 6. The van der Waals surface area contributed by atoms with Crippen LogP contribution in [0.15, 0.2) is 12.4 Å². The van der Waals surface area contributed by atoms with E-state index in [1.165, 1.54) is 12.0 Å². The second kappa shape index (κ2) is 6.17. The van der Waals surface area contributed by atoms with Gasteiger partial charge in [-0.05, 0) is 26.3 Å². The van der Waals surface area contributed by atoms with Gasteiger partial charge in [-0.1, -0.05) is 6.92 Å². The van der Waals surface area contributed by atoms with Crippen molar-refractivity contribution in [1.82, 2.24) is 15.1 Å². The summed E-state index contributed by atoms with van der Waals surface area (Å²) in [6, 6.07) is 0. The van der Waals surface area contributed by atoms with E-state index in [2.05, 4.69) is 30.5 Å². The molecule has 1 fully saturated rings. The summed E-state index contributed by atoms with van der Waals surface area (Å²) >= 11 is 0. The van der Waals surface area contributed by atoms with Gasteiger partial charge >= 0.3 is 0 Å². The Bertz CT molecular complexity index is 337. The molecule has 2 atom stereocenters. The van der Waals surface area contributed by atoms with Crippen LogP contribution in [0.2, 0.25) is 0 Å². The quantitative estimate of drug-likeness (QED) is 0.769. The lowest BCUT2D eigenvalue weighted by Crippen LogP contribution is -2.25. The van der Waals surface area contributed by atoms with Crippen molar-refractivity contribution in [3.63, 3.8) is 0 Å². The molecule has 0 saturated carbocycles. The Morgan fingerprint density at radius 2 is 2.41 bits per heavy atom. The molecule has 4 heteroatoms. The van der Waals surface area contributed by atoms with Crippen LogP contribution in [0.5, 0.6) is 0 Å². The van der Waals surface area contributed by atoms with E-state index in [0.717, 1.165) is 32.7 Å². The van der Waals surface area contributed by atoms with E-state index in [0.29, 0.717) is 5.92 Å². The summed E-state index contributed by atoms with van der Waals surface area (Å²) in [4.78, 5) is 0. The first-order chi connectivity index (χ1) is 8.35. The highest BCUT2D eigenvalue weighted by atomic mass is 16.5. The first-order valence-corrected chi connectivity index (χ1v) is 6.69. The molecule has 2 heterocycles. The topological polar surface area (TPSA) is 39.1 Å². The zero-order valence-corrected chi connectivity index (χ0v) is 10.9. The molecule has 0 aliphatic carbocycles. The third-order valence-corrected chi connectivity index (χ3v) is 3.35. The van der Waals surface area contributed by atoms with E-state index in [1.54, 1.807) is 0 Å². The Labute approximate surface area is 103 Å². The Morgan fingerprint density at radius 1 is 1.53 bits per heavy atom. The first-order valence-electron chi connectivity index (χ1n) is 6.69. The Kier molecular flexibility index (Phi) is 4.57. The average molecular weight is 237 g/mol. The molecule has 0 bridgehead atoms. The van der Waals surface area contributed by atoms with Crippen molar-refractivity contribution >= 4 is 0 Å². The molecule has 2 unspecified atom stereocenters. The van der Waals surface area contributed by atoms with Gasteiger partial charge in [0, 0.05) is 37.4 Å². The van der Waals surface area contributed by atoms with Gasteiger partial charge in [0.15, 0.2) is 0 Å². The number of nitrogens with one attached hydrogen (secondary N) is 1. The molecule has 96 valence electrons. The summed E-state index contributed by atoms with van der Waals surface area (Å²) in [6.07, 6.45) is 6.64. The van der Waals surface area contributed by atoms with E-state index >= 15 is 0 Å². The molecule has 17 heavy (non-hydrogen) atoms. The number of ether oxygens (including phenoxy) is 1. The van der Waals surface area contributed by atoms with Crippen LogP contribution in [-0.4, -0.2) is 29.5 Å². The minimum absolute atomic E-state index is 0.236. The SMILES string of the molecule is CCCNCC1CCOC1c1cnn(CC)c1. The van der Waals surface area contributed by atoms with Crippen molar-refractivity contribution in [2.75, 3.05) is 19.7 Å². The van der Waals surface area contributed by atoms with Crippen molar-refractivity contribution in [3.8, 4) is 0 Å². The predicted octanol–water partition coefficient (Wildman–Crippen LogP) is 1.98. The minimum Gasteiger partial charge on any atom is -0.373 e. The van der Waals surface area contributed by atoms with Gasteiger partial charge in [0.2, 0.25) is 0 Å². The summed E-state index contributed by atoms with van der Waals surface area (Å²) in [5.74, 6) is 0.594. The smallest absolute Gasteiger partial charge is 0.0896 e. The van der Waals surface area contributed by atoms with Crippen LogP contribution in [0.1, 0.15) is 38.4 Å². The maximum atomic E-state index is 5.85. The largest absolute Gasteiger partial charge is 0.373 e. The lowest BCUT2D eigenvalue weighted by Gasteiger charge is -2.17. The van der Waals surface area contributed by atoms with Gasteiger partial charge in [0.05, 0.1) is 12.3 Å². The molecule has 0 spiro atoms. The predicted molar refractivity (Wildman–Crippen MR) is 67.9 cm³/mol. The van der Waals surface area contributed by atoms with Crippen LogP contribution in [-0.2, 0) is 11.3 Å². The molecule has 1 aromatic heterocycles. The van der Waals surface area contributed by atoms with Crippen molar-refractivity contribution in [3.05, 3.63) is 18.0 Å². The van der Waals surface area contributed by atoms with E-state index in [1.807, 2.05) is 10.9 Å². The summed E-state index contributed by atoms with van der Waals surface area (Å²) in [5.41, 5.74) is 1.23. The van der Waals surface area contributed by atoms with Gasteiger partial charge in [-0.2, -0.15) is 5.10 Å². The lowest BCUT2D eigenvalue weighted by molar-refractivity contribution is 0.0905. The average Bonchev–Trinajstić information content (AvgIpc) is 2.96. The summed E-state index contributed by atoms with van der Waals surface area (Å²) in [6.45, 7) is 8.24. The molecule has 1 aliphatic rings. The molecule has 1 aromatic rings. The second-order valence-corrected chi connectivity index (χ2v) is 4.67. The molecular weight excluding hydrogens is 214 g/mol. The highest BCUT2D eigenvalue weighted by Crippen LogP contribution is 2.33. The lowest BCUT2D eigenvalue weighted by atomic mass is 9.97. The maximum Gasteiger partial charge on any atom is 0.0896 e. The first kappa shape index (κ1) is 12.6. The van der Waals surface area contributed by atoms with Gasteiger partial charge in [0.1, 0.15) is 0 Å². The van der Waals surface area contributed by atoms with Crippen molar-refractivity contribution in [2.24, 2.45) is 5.92 Å². The standard InChI is InChI=1S/C13H23N3O/c1-3-6-14-8-11-5-7-17-13(11)12-9-15-16(4-2)10-12/h9-11,13-14H,3-8H2,1-2H3. The van der Waals surface area contributed by atoms with Gasteiger partial charge in [-0.15, -0.1) is 0 Å². The number of nitrogens with zero attached hydrogens (tertiary/aromatic N) is 2. The summed E-state index contributed by atoms with van der Waals surface area (Å²) in [5, 5.41) is 7.82. The van der Waals surface area contributed by atoms with E-state index < -0.39 is 0 Å². The van der Waals surface area contributed by atoms with Crippen LogP contribution >= 0.6 is 0 Å². The second-order valence-electron chi connectivity index (χ2n) is 4.67. The fourth-order valence-corrected chi connectivity index (χ4v) is 2.37. The number of hydrogen-bond donors (Lipinski definition) is 1. The maximum absolute atomic E-state index is 5.85. The Balaban J connectivity index is 1.94. The van der Waals surface area contributed by atoms with Gasteiger partial charge < -0.3 is 10.1 Å². The van der Waals surface area contributed by atoms with Crippen molar-refractivity contribution in [2.45, 2.75) is 39.3 Å². The van der Waals surface area contributed by atoms with Gasteiger partial charge in [-0.25, -0.2) is 0 Å². The van der Waals surface area contributed by atoms with Gasteiger partial charge in [-0.3, -0.25) is 4.68 Å². The highest BCUT2D eigenvalue weighted by molar-refractivity contribution is 5.11. The fourth-order valence-electron chi connectivity index (χ4n) is 2.37. The molecule has 1 N–H and O–H groups in total. The van der Waals surface area contributed by atoms with Gasteiger partial charge in [0.25, 0.3) is 0 Å². The summed E-state index contributed by atoms with van der Waals surface area (Å²) < 4.78 is 7.81. The van der Waals surface area contributed by atoms with Crippen LogP contribution in [0.25, 0.3) is 0 Å². The molecule has 0 radical (unpaired) electrons. The van der Waals surface area contributed by atoms with Crippen LogP contribution in [0.3, 0.4) is 0 Å². The molecule has 2 rings (SSSR count). The van der Waals surface area contributed by atoms with E-state index in [4.69, 9.17) is 4.74 Å².